The van der Waals surface area contributed by atoms with Gasteiger partial charge in [-0.2, -0.15) is 0 Å². The summed E-state index contributed by atoms with van der Waals surface area (Å²) in [7, 11) is 0. The quantitative estimate of drug-likeness (QED) is 0.675. The molecule has 5 nitrogen and oxygen atoms in total. The molecule has 15 heavy (non-hydrogen) atoms. The molecule has 1 aromatic rings. The summed E-state index contributed by atoms with van der Waals surface area (Å²) in [5.74, 6) is -0.923. The minimum atomic E-state index is -0.923. The van der Waals surface area contributed by atoms with E-state index in [-0.39, 0.29) is 18.5 Å². The molecule has 0 radical (unpaired) electrons. The third-order valence-electron chi connectivity index (χ3n) is 1.86. The van der Waals surface area contributed by atoms with E-state index < -0.39 is 10.9 Å². The van der Waals surface area contributed by atoms with Crippen molar-refractivity contribution in [2.75, 3.05) is 0 Å². The minimum absolute atomic E-state index is 0.0419. The lowest BCUT2D eigenvalue weighted by Crippen LogP contribution is -1.99. The third-order valence-corrected chi connectivity index (χ3v) is 2.78. The number of hydrogen-bond acceptors (Lipinski definition) is 3. The molecular weight excluding hydrogens is 266 g/mol. The smallest absolute Gasteiger partial charge is 0.303 e. The maximum Gasteiger partial charge on any atom is 0.303 e. The van der Waals surface area contributed by atoms with Crippen molar-refractivity contribution < 1.29 is 14.8 Å². The van der Waals surface area contributed by atoms with Gasteiger partial charge in [-0.05, 0) is 27.9 Å². The van der Waals surface area contributed by atoms with Crippen molar-refractivity contribution in [3.63, 3.8) is 0 Å². The molecule has 0 saturated carbocycles. The first-order chi connectivity index (χ1) is 7.02. The van der Waals surface area contributed by atoms with Crippen LogP contribution in [0.4, 0.5) is 5.69 Å². The summed E-state index contributed by atoms with van der Waals surface area (Å²) in [6.45, 7) is 0. The number of carboxylic acids is 1. The molecule has 0 aliphatic rings. The van der Waals surface area contributed by atoms with Crippen molar-refractivity contribution in [1.29, 1.82) is 0 Å². The normalized spacial score (nSPS) is 9.93. The van der Waals surface area contributed by atoms with Gasteiger partial charge in [-0.1, -0.05) is 12.1 Å². The van der Waals surface area contributed by atoms with Crippen LogP contribution in [0.5, 0.6) is 0 Å². The Morgan fingerprint density at radius 1 is 1.53 bits per heavy atom. The van der Waals surface area contributed by atoms with Gasteiger partial charge in [-0.3, -0.25) is 14.9 Å². The zero-order valence-corrected chi connectivity index (χ0v) is 9.23. The lowest BCUT2D eigenvalue weighted by molar-refractivity contribution is -0.385. The van der Waals surface area contributed by atoms with Gasteiger partial charge >= 0.3 is 5.97 Å². The van der Waals surface area contributed by atoms with E-state index in [1.807, 2.05) is 0 Å². The second kappa shape index (κ2) is 4.88. The topological polar surface area (TPSA) is 80.4 Å². The van der Waals surface area contributed by atoms with Gasteiger partial charge in [0.25, 0.3) is 5.69 Å². The van der Waals surface area contributed by atoms with Gasteiger partial charge in [0.1, 0.15) is 0 Å². The van der Waals surface area contributed by atoms with Gasteiger partial charge in [0, 0.05) is 12.5 Å². The Morgan fingerprint density at radius 3 is 2.73 bits per heavy atom. The summed E-state index contributed by atoms with van der Waals surface area (Å²) in [6, 6.07) is 4.58. The van der Waals surface area contributed by atoms with Crippen molar-refractivity contribution in [3.05, 3.63) is 38.3 Å². The van der Waals surface area contributed by atoms with Crippen molar-refractivity contribution in [2.45, 2.75) is 12.8 Å². The second-order valence-corrected chi connectivity index (χ2v) is 3.69. The van der Waals surface area contributed by atoms with Crippen molar-refractivity contribution in [3.8, 4) is 0 Å². The Labute approximate surface area is 94.0 Å². The summed E-state index contributed by atoms with van der Waals surface area (Å²) in [6.07, 6.45) is 0.233. The number of nitro groups is 1. The highest BCUT2D eigenvalue weighted by Crippen LogP contribution is 2.28. The number of nitro benzene ring substituents is 1. The number of carboxylic acid groups (broad SMARTS) is 1. The second-order valence-electron chi connectivity index (χ2n) is 2.90. The van der Waals surface area contributed by atoms with E-state index in [0.29, 0.717) is 10.0 Å². The Bertz CT molecular complexity index is 405. The maximum atomic E-state index is 10.6. The van der Waals surface area contributed by atoms with E-state index in [4.69, 9.17) is 5.11 Å². The van der Waals surface area contributed by atoms with Crippen LogP contribution in [0, 0.1) is 10.1 Å². The molecule has 0 fully saturated rings. The maximum absolute atomic E-state index is 10.6. The molecule has 0 atom stereocenters. The summed E-state index contributed by atoms with van der Waals surface area (Å²) >= 11 is 3.10. The van der Waals surface area contributed by atoms with Gasteiger partial charge in [0.05, 0.1) is 9.40 Å². The molecular formula is C9H8BrNO4. The first-order valence-corrected chi connectivity index (χ1v) is 4.95. The molecule has 0 unspecified atom stereocenters. The lowest BCUT2D eigenvalue weighted by atomic mass is 10.1. The molecule has 0 aromatic heterocycles. The van der Waals surface area contributed by atoms with E-state index in [9.17, 15) is 14.9 Å². The molecule has 80 valence electrons. The van der Waals surface area contributed by atoms with Crippen LogP contribution >= 0.6 is 15.9 Å². The van der Waals surface area contributed by atoms with E-state index in [0.717, 1.165) is 0 Å². The lowest BCUT2D eigenvalue weighted by Gasteiger charge is -2.02. The summed E-state index contributed by atoms with van der Waals surface area (Å²) < 4.78 is 0.358. The van der Waals surface area contributed by atoms with Crippen LogP contribution in [0.25, 0.3) is 0 Å². The van der Waals surface area contributed by atoms with Gasteiger partial charge in [-0.25, -0.2) is 0 Å². The van der Waals surface area contributed by atoms with Crippen molar-refractivity contribution in [1.82, 2.24) is 0 Å². The van der Waals surface area contributed by atoms with Gasteiger partial charge < -0.3 is 5.11 Å². The number of rotatable bonds is 4. The molecule has 6 heteroatoms. The molecule has 0 aliphatic carbocycles. The van der Waals surface area contributed by atoms with Crippen LogP contribution in [-0.2, 0) is 11.2 Å². The van der Waals surface area contributed by atoms with Crippen molar-refractivity contribution in [2.24, 2.45) is 0 Å². The van der Waals surface area contributed by atoms with Crippen LogP contribution in [0.1, 0.15) is 12.0 Å². The van der Waals surface area contributed by atoms with E-state index >= 15 is 0 Å². The van der Waals surface area contributed by atoms with Gasteiger partial charge in [0.15, 0.2) is 0 Å². The van der Waals surface area contributed by atoms with E-state index in [1.54, 1.807) is 12.1 Å². The molecule has 0 aliphatic heterocycles. The number of halogens is 1. The predicted octanol–water partition coefficient (Wildman–Crippen LogP) is 2.37. The number of carbonyl (C=O) groups is 1. The number of hydrogen-bond donors (Lipinski definition) is 1. The van der Waals surface area contributed by atoms with Crippen LogP contribution in [0.15, 0.2) is 22.7 Å². The Balaban J connectivity index is 2.94. The highest BCUT2D eigenvalue weighted by molar-refractivity contribution is 9.10. The van der Waals surface area contributed by atoms with Crippen LogP contribution in [-0.4, -0.2) is 16.0 Å². The number of nitrogens with zero attached hydrogens (tertiary/aromatic N) is 1. The first-order valence-electron chi connectivity index (χ1n) is 4.16. The molecule has 1 N–H and O–H groups in total. The molecule has 0 saturated heterocycles. The number of aliphatic carboxylic acids is 1. The average Bonchev–Trinajstić information content (AvgIpc) is 2.15. The fraction of sp³-hybridized carbons (Fsp3) is 0.222. The van der Waals surface area contributed by atoms with Crippen molar-refractivity contribution >= 4 is 27.6 Å². The zero-order chi connectivity index (χ0) is 11.4. The molecule has 0 bridgehead atoms. The Hall–Kier alpha value is -1.43. The summed E-state index contributed by atoms with van der Waals surface area (Å²) in [4.78, 5) is 20.4. The first kappa shape index (κ1) is 11.6. The molecule has 0 amide bonds. The SMILES string of the molecule is O=C(O)CCc1cccc([N+](=O)[O-])c1Br. The number of benzene rings is 1. The van der Waals surface area contributed by atoms with Crippen LogP contribution in [0.3, 0.4) is 0 Å². The summed E-state index contributed by atoms with van der Waals surface area (Å²) in [5.41, 5.74) is 0.587. The zero-order valence-electron chi connectivity index (χ0n) is 7.64. The third kappa shape index (κ3) is 3.02. The van der Waals surface area contributed by atoms with Crippen LogP contribution in [0.2, 0.25) is 0 Å². The predicted molar refractivity (Wildman–Crippen MR) is 56.8 cm³/mol. The Kier molecular flexibility index (Phi) is 3.79. The van der Waals surface area contributed by atoms with E-state index in [1.165, 1.54) is 6.07 Å². The van der Waals surface area contributed by atoms with Gasteiger partial charge in [0.2, 0.25) is 0 Å². The minimum Gasteiger partial charge on any atom is -0.481 e. The van der Waals surface area contributed by atoms with E-state index in [2.05, 4.69) is 15.9 Å². The average molecular weight is 274 g/mol. The largest absolute Gasteiger partial charge is 0.481 e. The fourth-order valence-electron chi connectivity index (χ4n) is 1.14. The molecule has 0 spiro atoms. The highest BCUT2D eigenvalue weighted by atomic mass is 79.9. The highest BCUT2D eigenvalue weighted by Gasteiger charge is 2.14. The number of aryl methyl sites for hydroxylation is 1. The fourth-order valence-corrected chi connectivity index (χ4v) is 1.75. The summed E-state index contributed by atoms with van der Waals surface area (Å²) in [5, 5.41) is 19.1. The standard InChI is InChI=1S/C9H8BrNO4/c10-9-6(4-5-8(12)13)2-1-3-7(9)11(14)15/h1-3H,4-5H2,(H,12,13). The van der Waals surface area contributed by atoms with Crippen LogP contribution < -0.4 is 0 Å². The molecule has 1 rings (SSSR count). The van der Waals surface area contributed by atoms with Gasteiger partial charge in [-0.15, -0.1) is 0 Å². The molecule has 0 heterocycles. The monoisotopic (exact) mass is 273 g/mol. The Morgan fingerprint density at radius 2 is 2.20 bits per heavy atom. The molecule has 1 aromatic carbocycles.